The fourth-order valence-electron chi connectivity index (χ4n) is 3.18. The number of nitrogens with one attached hydrogen (secondary N) is 1. The second kappa shape index (κ2) is 6.35. The van der Waals surface area contributed by atoms with E-state index in [1.807, 2.05) is 0 Å². The summed E-state index contributed by atoms with van der Waals surface area (Å²) in [6, 6.07) is 0.386. The van der Waals surface area contributed by atoms with Gasteiger partial charge in [0.15, 0.2) is 0 Å². The van der Waals surface area contributed by atoms with Crippen LogP contribution in [0.3, 0.4) is 0 Å². The van der Waals surface area contributed by atoms with Crippen molar-refractivity contribution in [1.82, 2.24) is 10.2 Å². The number of esters is 1. The molecule has 2 fully saturated rings. The summed E-state index contributed by atoms with van der Waals surface area (Å²) in [5.41, 5.74) is -0.685. The molecule has 2 saturated carbocycles. The second-order valence-electron chi connectivity index (χ2n) is 6.07. The smallest absolute Gasteiger partial charge is 0.326 e. The number of halogens is 2. The number of carbonyl (C=O) groups excluding carboxylic acids is 1. The summed E-state index contributed by atoms with van der Waals surface area (Å²) >= 11 is 0. The van der Waals surface area contributed by atoms with Crippen LogP contribution in [0.2, 0.25) is 0 Å². The largest absolute Gasteiger partial charge is 0.468 e. The maximum Gasteiger partial charge on any atom is 0.326 e. The molecule has 20 heavy (non-hydrogen) atoms. The van der Waals surface area contributed by atoms with Gasteiger partial charge >= 0.3 is 5.97 Å². The van der Waals surface area contributed by atoms with Crippen LogP contribution in [0.4, 0.5) is 8.78 Å². The predicted molar refractivity (Wildman–Crippen MR) is 71.8 cm³/mol. The van der Waals surface area contributed by atoms with Gasteiger partial charge in [-0.2, -0.15) is 0 Å². The zero-order valence-corrected chi connectivity index (χ0v) is 12.2. The van der Waals surface area contributed by atoms with Crippen LogP contribution in [-0.2, 0) is 9.53 Å². The minimum absolute atomic E-state index is 0.00287. The van der Waals surface area contributed by atoms with Gasteiger partial charge in [-0.1, -0.05) is 0 Å². The van der Waals surface area contributed by atoms with Crippen LogP contribution in [0.15, 0.2) is 0 Å². The molecule has 116 valence electrons. The summed E-state index contributed by atoms with van der Waals surface area (Å²) in [5.74, 6) is -0.250. The molecule has 2 rings (SSSR count). The Morgan fingerprint density at radius 3 is 2.70 bits per heavy atom. The zero-order chi connectivity index (χ0) is 14.8. The van der Waals surface area contributed by atoms with E-state index in [-0.39, 0.29) is 18.6 Å². The topological polar surface area (TPSA) is 41.6 Å². The van der Waals surface area contributed by atoms with Gasteiger partial charge in [-0.15, -0.1) is 0 Å². The van der Waals surface area contributed by atoms with Gasteiger partial charge in [-0.3, -0.25) is 15.0 Å². The van der Waals surface area contributed by atoms with E-state index in [9.17, 15) is 13.6 Å². The molecule has 4 nitrogen and oxygen atoms in total. The lowest BCUT2D eigenvalue weighted by Gasteiger charge is -2.42. The van der Waals surface area contributed by atoms with Crippen molar-refractivity contribution in [3.8, 4) is 0 Å². The molecule has 0 amide bonds. The highest BCUT2D eigenvalue weighted by atomic mass is 19.3. The molecule has 0 aromatic carbocycles. The minimum Gasteiger partial charge on any atom is -0.468 e. The van der Waals surface area contributed by atoms with E-state index in [0.717, 1.165) is 32.1 Å². The lowest BCUT2D eigenvalue weighted by Crippen LogP contribution is -2.59. The monoisotopic (exact) mass is 290 g/mol. The van der Waals surface area contributed by atoms with E-state index in [1.165, 1.54) is 7.11 Å². The number of alkyl halides is 2. The minimum atomic E-state index is -2.34. The van der Waals surface area contributed by atoms with Gasteiger partial charge in [0.1, 0.15) is 5.54 Å². The van der Waals surface area contributed by atoms with E-state index in [2.05, 4.69) is 5.32 Å². The summed E-state index contributed by atoms with van der Waals surface area (Å²) in [4.78, 5) is 13.9. The molecule has 0 radical (unpaired) electrons. The second-order valence-corrected chi connectivity index (χ2v) is 6.07. The van der Waals surface area contributed by atoms with Gasteiger partial charge in [0.05, 0.1) is 13.7 Å². The molecule has 2 aliphatic rings. The molecule has 0 spiro atoms. The number of methoxy groups -OCH3 is 1. The lowest BCUT2D eigenvalue weighted by atomic mass is 9.78. The number of hydrogen-bond donors (Lipinski definition) is 1. The SMILES string of the molecule is COC(=O)C1(NC2CC2)CCCC(N(C)CC(F)F)C1. The van der Waals surface area contributed by atoms with Crippen LogP contribution in [0.25, 0.3) is 0 Å². The summed E-state index contributed by atoms with van der Waals surface area (Å²) in [7, 11) is 3.10. The molecular formula is C14H24F2N2O2. The highest BCUT2D eigenvalue weighted by Crippen LogP contribution is 2.35. The summed E-state index contributed by atoms with van der Waals surface area (Å²) in [6.45, 7) is -0.245. The van der Waals surface area contributed by atoms with Crippen LogP contribution >= 0.6 is 0 Å². The predicted octanol–water partition coefficient (Wildman–Crippen LogP) is 1.79. The molecular weight excluding hydrogens is 266 g/mol. The maximum atomic E-state index is 12.5. The van der Waals surface area contributed by atoms with Gasteiger partial charge in [0.25, 0.3) is 6.43 Å². The van der Waals surface area contributed by atoms with Crippen molar-refractivity contribution >= 4 is 5.97 Å². The molecule has 0 aliphatic heterocycles. The van der Waals surface area contributed by atoms with E-state index < -0.39 is 12.0 Å². The molecule has 6 heteroatoms. The van der Waals surface area contributed by atoms with Crippen LogP contribution in [-0.4, -0.2) is 55.6 Å². The number of rotatable bonds is 6. The first-order valence-electron chi connectivity index (χ1n) is 7.31. The van der Waals surface area contributed by atoms with Crippen molar-refractivity contribution in [2.75, 3.05) is 20.7 Å². The molecule has 1 N–H and O–H groups in total. The molecule has 0 saturated heterocycles. The Kier molecular flexibility index (Phi) is 4.96. The Labute approximate surface area is 118 Å². The summed E-state index contributed by atoms with van der Waals surface area (Å²) in [5, 5.41) is 3.41. The van der Waals surface area contributed by atoms with Gasteiger partial charge in [0, 0.05) is 12.1 Å². The van der Waals surface area contributed by atoms with Gasteiger partial charge in [-0.05, 0) is 45.6 Å². The third kappa shape index (κ3) is 3.67. The van der Waals surface area contributed by atoms with Crippen molar-refractivity contribution < 1.29 is 18.3 Å². The summed E-state index contributed by atoms with van der Waals surface area (Å²) < 4.78 is 30.0. The molecule has 0 bridgehead atoms. The number of nitrogens with zero attached hydrogens (tertiary/aromatic N) is 1. The number of hydrogen-bond acceptors (Lipinski definition) is 4. The fourth-order valence-corrected chi connectivity index (χ4v) is 3.18. The van der Waals surface area contributed by atoms with Gasteiger partial charge < -0.3 is 4.74 Å². The van der Waals surface area contributed by atoms with Crippen LogP contribution < -0.4 is 5.32 Å². The van der Waals surface area contributed by atoms with E-state index in [0.29, 0.717) is 12.5 Å². The Hall–Kier alpha value is -0.750. The zero-order valence-electron chi connectivity index (χ0n) is 12.2. The average Bonchev–Trinajstić information content (AvgIpc) is 3.21. The molecule has 2 unspecified atom stereocenters. The Morgan fingerprint density at radius 2 is 2.15 bits per heavy atom. The average molecular weight is 290 g/mol. The molecule has 2 atom stereocenters. The third-order valence-corrected chi connectivity index (χ3v) is 4.41. The highest BCUT2D eigenvalue weighted by Gasteiger charge is 2.47. The Morgan fingerprint density at radius 1 is 1.45 bits per heavy atom. The van der Waals surface area contributed by atoms with Crippen molar-refractivity contribution in [3.05, 3.63) is 0 Å². The molecule has 0 aromatic heterocycles. The fraction of sp³-hybridized carbons (Fsp3) is 0.929. The lowest BCUT2D eigenvalue weighted by molar-refractivity contribution is -0.151. The Bertz CT molecular complexity index is 350. The van der Waals surface area contributed by atoms with Crippen molar-refractivity contribution in [2.45, 2.75) is 62.6 Å². The van der Waals surface area contributed by atoms with E-state index >= 15 is 0 Å². The molecule has 0 aromatic rings. The molecule has 2 aliphatic carbocycles. The van der Waals surface area contributed by atoms with Crippen LogP contribution in [0.5, 0.6) is 0 Å². The summed E-state index contributed by atoms with van der Waals surface area (Å²) in [6.07, 6.45) is 2.81. The maximum absolute atomic E-state index is 12.5. The molecule has 0 heterocycles. The van der Waals surface area contributed by atoms with Gasteiger partial charge in [0.2, 0.25) is 0 Å². The number of carbonyl (C=O) groups is 1. The normalized spacial score (nSPS) is 30.8. The van der Waals surface area contributed by atoms with E-state index in [4.69, 9.17) is 4.74 Å². The first-order chi connectivity index (χ1) is 9.47. The number of ether oxygens (including phenoxy) is 1. The van der Waals surface area contributed by atoms with Crippen molar-refractivity contribution in [2.24, 2.45) is 0 Å². The highest BCUT2D eigenvalue weighted by molar-refractivity contribution is 5.81. The third-order valence-electron chi connectivity index (χ3n) is 4.41. The Balaban J connectivity index is 2.05. The van der Waals surface area contributed by atoms with Crippen LogP contribution in [0, 0.1) is 0 Å². The van der Waals surface area contributed by atoms with Crippen LogP contribution in [0.1, 0.15) is 38.5 Å². The standard InChI is InChI=1S/C14H24F2N2O2/c1-18(9-12(15)16)11-4-3-7-14(8-11,13(19)20-2)17-10-5-6-10/h10-12,17H,3-9H2,1-2H3. The van der Waals surface area contributed by atoms with Crippen molar-refractivity contribution in [3.63, 3.8) is 0 Å². The van der Waals surface area contributed by atoms with Crippen molar-refractivity contribution in [1.29, 1.82) is 0 Å². The first-order valence-corrected chi connectivity index (χ1v) is 7.31. The first kappa shape index (κ1) is 15.6. The quantitative estimate of drug-likeness (QED) is 0.757. The van der Waals surface area contributed by atoms with Gasteiger partial charge in [-0.25, -0.2) is 8.78 Å². The van der Waals surface area contributed by atoms with E-state index in [1.54, 1.807) is 11.9 Å².